The summed E-state index contributed by atoms with van der Waals surface area (Å²) in [5.41, 5.74) is 6.69. The van der Waals surface area contributed by atoms with Crippen LogP contribution in [0.2, 0.25) is 0 Å². The number of benzene rings is 2. The van der Waals surface area contributed by atoms with E-state index in [-0.39, 0.29) is 24.0 Å². The van der Waals surface area contributed by atoms with Crippen LogP contribution < -0.4 is 34.7 Å². The van der Waals surface area contributed by atoms with Gasteiger partial charge in [0.25, 0.3) is 0 Å². The molecule has 0 saturated heterocycles. The number of guanidine groups is 1. The summed E-state index contributed by atoms with van der Waals surface area (Å²) in [6, 6.07) is 10.8. The zero-order chi connectivity index (χ0) is 20.4. The number of hydrogen-bond acceptors (Lipinski definition) is 6. The zero-order valence-electron chi connectivity index (χ0n) is 17.1. The maximum Gasteiger partial charge on any atom is 0.193 e. The standard InChI is InChI=1S/C20H27N3O5.HI/c1-24-15-11-16(25-2)13-17(12-15)28-9-5-8-22-20(21)23-14-6-7-18(26-3)19(10-14)27-4;/h6-7,10-13H,5,8-9H2,1-4H3,(H3,21,22,23);1H. The number of nitrogens with one attached hydrogen (secondary N) is 1. The normalized spacial score (nSPS) is 10.6. The van der Waals surface area contributed by atoms with E-state index in [0.717, 1.165) is 5.69 Å². The van der Waals surface area contributed by atoms with Gasteiger partial charge in [-0.1, -0.05) is 0 Å². The van der Waals surface area contributed by atoms with E-state index in [4.69, 9.17) is 29.4 Å². The number of halogens is 1. The van der Waals surface area contributed by atoms with Crippen molar-refractivity contribution in [1.82, 2.24) is 0 Å². The van der Waals surface area contributed by atoms with Crippen LogP contribution in [-0.2, 0) is 0 Å². The second kappa shape index (κ2) is 12.8. The van der Waals surface area contributed by atoms with Gasteiger partial charge in [0.1, 0.15) is 17.2 Å². The quantitative estimate of drug-likeness (QED) is 0.216. The third-order valence-electron chi connectivity index (χ3n) is 3.83. The predicted octanol–water partition coefficient (Wildman–Crippen LogP) is 3.53. The summed E-state index contributed by atoms with van der Waals surface area (Å²) in [7, 11) is 6.37. The van der Waals surface area contributed by atoms with Crippen molar-refractivity contribution in [3.8, 4) is 28.7 Å². The van der Waals surface area contributed by atoms with Crippen molar-refractivity contribution < 1.29 is 23.7 Å². The van der Waals surface area contributed by atoms with Gasteiger partial charge in [-0.15, -0.1) is 24.0 Å². The monoisotopic (exact) mass is 517 g/mol. The first kappa shape index (κ1) is 24.5. The molecule has 2 aromatic rings. The van der Waals surface area contributed by atoms with Crippen LogP contribution in [0.5, 0.6) is 28.7 Å². The molecule has 29 heavy (non-hydrogen) atoms. The number of ether oxygens (including phenoxy) is 5. The van der Waals surface area contributed by atoms with Crippen LogP contribution in [0, 0.1) is 0 Å². The van der Waals surface area contributed by atoms with Crippen LogP contribution in [0.25, 0.3) is 0 Å². The van der Waals surface area contributed by atoms with Gasteiger partial charge in [-0.25, -0.2) is 0 Å². The Balaban J connectivity index is 0.00000420. The number of rotatable bonds is 10. The Morgan fingerprint density at radius 2 is 1.48 bits per heavy atom. The van der Waals surface area contributed by atoms with Crippen LogP contribution in [-0.4, -0.2) is 47.6 Å². The summed E-state index contributed by atoms with van der Waals surface area (Å²) in [6.45, 7) is 1.01. The van der Waals surface area contributed by atoms with E-state index in [0.29, 0.717) is 54.3 Å². The van der Waals surface area contributed by atoms with E-state index >= 15 is 0 Å². The maximum atomic E-state index is 5.93. The lowest BCUT2D eigenvalue weighted by atomic mass is 10.3. The number of nitrogens with two attached hydrogens (primary N) is 1. The fourth-order valence-electron chi connectivity index (χ4n) is 2.42. The molecule has 0 saturated carbocycles. The molecular formula is C20H28IN3O5. The minimum atomic E-state index is 0. The lowest BCUT2D eigenvalue weighted by molar-refractivity contribution is 0.307. The maximum absolute atomic E-state index is 5.93. The Bertz CT molecular complexity index is 779. The van der Waals surface area contributed by atoms with E-state index in [1.807, 2.05) is 6.07 Å². The summed E-state index contributed by atoms with van der Waals surface area (Å²) in [5.74, 6) is 3.61. The summed E-state index contributed by atoms with van der Waals surface area (Å²) >= 11 is 0. The molecule has 0 atom stereocenters. The lowest BCUT2D eigenvalue weighted by Crippen LogP contribution is -2.23. The largest absolute Gasteiger partial charge is 0.496 e. The average Bonchev–Trinajstić information content (AvgIpc) is 2.72. The molecule has 8 nitrogen and oxygen atoms in total. The van der Waals surface area contributed by atoms with Crippen molar-refractivity contribution in [2.75, 3.05) is 46.9 Å². The molecule has 0 amide bonds. The van der Waals surface area contributed by atoms with Gasteiger partial charge >= 0.3 is 0 Å². The van der Waals surface area contributed by atoms with Gasteiger partial charge in [0.05, 0.1) is 35.0 Å². The number of methoxy groups -OCH3 is 4. The molecule has 9 heteroatoms. The van der Waals surface area contributed by atoms with E-state index in [2.05, 4.69) is 10.3 Å². The highest BCUT2D eigenvalue weighted by Gasteiger charge is 2.05. The molecule has 0 fully saturated rings. The SMILES string of the molecule is COc1cc(OC)cc(OCCCN=C(N)Nc2ccc(OC)c(OC)c2)c1.I. The molecule has 0 aliphatic rings. The predicted molar refractivity (Wildman–Crippen MR) is 125 cm³/mol. The van der Waals surface area contributed by atoms with Crippen molar-refractivity contribution in [3.63, 3.8) is 0 Å². The van der Waals surface area contributed by atoms with Crippen LogP contribution in [0.1, 0.15) is 6.42 Å². The van der Waals surface area contributed by atoms with Crippen LogP contribution >= 0.6 is 24.0 Å². The molecule has 2 aromatic carbocycles. The Kier molecular flexibility index (Phi) is 10.8. The topological polar surface area (TPSA) is 96.6 Å². The number of nitrogens with zero attached hydrogens (tertiary/aromatic N) is 1. The van der Waals surface area contributed by atoms with Crippen LogP contribution in [0.3, 0.4) is 0 Å². The Labute approximate surface area is 188 Å². The van der Waals surface area contributed by atoms with E-state index in [1.165, 1.54) is 0 Å². The van der Waals surface area contributed by atoms with Gasteiger partial charge in [0, 0.05) is 42.9 Å². The van der Waals surface area contributed by atoms with Crippen molar-refractivity contribution in [2.24, 2.45) is 10.7 Å². The molecule has 0 spiro atoms. The third-order valence-corrected chi connectivity index (χ3v) is 3.83. The molecule has 2 rings (SSSR count). The second-order valence-corrected chi connectivity index (χ2v) is 5.71. The molecule has 0 radical (unpaired) electrons. The number of hydrogen-bond donors (Lipinski definition) is 2. The molecule has 0 aliphatic carbocycles. The molecular weight excluding hydrogens is 489 g/mol. The van der Waals surface area contributed by atoms with Gasteiger partial charge in [-0.2, -0.15) is 0 Å². The van der Waals surface area contributed by atoms with Crippen LogP contribution in [0.15, 0.2) is 41.4 Å². The highest BCUT2D eigenvalue weighted by molar-refractivity contribution is 14.0. The fraction of sp³-hybridized carbons (Fsp3) is 0.350. The fourth-order valence-corrected chi connectivity index (χ4v) is 2.42. The molecule has 3 N–H and O–H groups in total. The minimum Gasteiger partial charge on any atom is -0.496 e. The first-order valence-electron chi connectivity index (χ1n) is 8.74. The Morgan fingerprint density at radius 1 is 0.862 bits per heavy atom. The van der Waals surface area contributed by atoms with Gasteiger partial charge in [-0.3, -0.25) is 4.99 Å². The molecule has 0 aromatic heterocycles. The first-order valence-corrected chi connectivity index (χ1v) is 8.74. The zero-order valence-corrected chi connectivity index (χ0v) is 19.4. The van der Waals surface area contributed by atoms with Gasteiger partial charge < -0.3 is 34.7 Å². The van der Waals surface area contributed by atoms with Gasteiger partial charge in [-0.05, 0) is 12.1 Å². The Morgan fingerprint density at radius 3 is 2.07 bits per heavy atom. The summed E-state index contributed by atoms with van der Waals surface area (Å²) in [4.78, 5) is 4.30. The van der Waals surface area contributed by atoms with Gasteiger partial charge in [0.15, 0.2) is 17.5 Å². The third kappa shape index (κ3) is 7.76. The Hall–Kier alpha value is -2.56. The van der Waals surface area contributed by atoms with E-state index in [9.17, 15) is 0 Å². The minimum absolute atomic E-state index is 0. The van der Waals surface area contributed by atoms with E-state index < -0.39 is 0 Å². The van der Waals surface area contributed by atoms with Crippen molar-refractivity contribution in [2.45, 2.75) is 6.42 Å². The van der Waals surface area contributed by atoms with Crippen molar-refractivity contribution >= 4 is 35.6 Å². The van der Waals surface area contributed by atoms with Gasteiger partial charge in [0.2, 0.25) is 0 Å². The molecule has 0 heterocycles. The molecule has 0 bridgehead atoms. The summed E-state index contributed by atoms with van der Waals surface area (Å²) in [5, 5.41) is 3.02. The highest BCUT2D eigenvalue weighted by Crippen LogP contribution is 2.29. The average molecular weight is 517 g/mol. The highest BCUT2D eigenvalue weighted by atomic mass is 127. The number of anilines is 1. The number of aliphatic imine (C=N–C) groups is 1. The first-order chi connectivity index (χ1) is 13.6. The smallest absolute Gasteiger partial charge is 0.193 e. The molecule has 160 valence electrons. The second-order valence-electron chi connectivity index (χ2n) is 5.71. The van der Waals surface area contributed by atoms with Crippen molar-refractivity contribution in [1.29, 1.82) is 0 Å². The lowest BCUT2D eigenvalue weighted by Gasteiger charge is -2.11. The summed E-state index contributed by atoms with van der Waals surface area (Å²) < 4.78 is 26.6. The molecule has 0 unspecified atom stereocenters. The summed E-state index contributed by atoms with van der Waals surface area (Å²) in [6.07, 6.45) is 0.702. The van der Waals surface area contributed by atoms with Crippen LogP contribution in [0.4, 0.5) is 5.69 Å². The van der Waals surface area contributed by atoms with E-state index in [1.54, 1.807) is 58.8 Å². The van der Waals surface area contributed by atoms with Crippen molar-refractivity contribution in [3.05, 3.63) is 36.4 Å². The molecule has 0 aliphatic heterocycles.